The molecule has 3 atom stereocenters. The Morgan fingerprint density at radius 3 is 2.45 bits per heavy atom. The summed E-state index contributed by atoms with van der Waals surface area (Å²) in [6, 6.07) is -0.877. The van der Waals surface area contributed by atoms with E-state index in [1.807, 2.05) is 21.1 Å². The second-order valence-electron chi connectivity index (χ2n) is 5.91. The number of nitrogens with zero attached hydrogens (tertiary/aromatic N) is 1. The SMILES string of the molecule is C/C=C/C(O)C(COP(=O)([O-])OCC[N+](C)(C)C)NC(C)=O. The van der Waals surface area contributed by atoms with Gasteiger partial charge in [-0.1, -0.05) is 12.2 Å². The van der Waals surface area contributed by atoms with Gasteiger partial charge in [0, 0.05) is 6.92 Å². The van der Waals surface area contributed by atoms with Crippen molar-refractivity contribution >= 4 is 13.7 Å². The molecule has 0 saturated heterocycles. The normalized spacial score (nSPS) is 18.0. The number of likely N-dealkylation sites (N-methyl/N-ethyl adjacent to an activating group) is 1. The topological polar surface area (TPSA) is 108 Å². The average molecular weight is 338 g/mol. The number of hydrogen-bond acceptors (Lipinski definition) is 6. The van der Waals surface area contributed by atoms with Crippen LogP contribution in [-0.2, 0) is 18.4 Å². The van der Waals surface area contributed by atoms with Crippen LogP contribution in [0.4, 0.5) is 0 Å². The minimum Gasteiger partial charge on any atom is -0.756 e. The summed E-state index contributed by atoms with van der Waals surface area (Å²) in [5.74, 6) is -0.399. The van der Waals surface area contributed by atoms with E-state index < -0.39 is 32.5 Å². The highest BCUT2D eigenvalue weighted by Gasteiger charge is 2.21. The van der Waals surface area contributed by atoms with Gasteiger partial charge in [0.15, 0.2) is 0 Å². The second-order valence-corrected chi connectivity index (χ2v) is 7.32. The third kappa shape index (κ3) is 10.9. The van der Waals surface area contributed by atoms with Gasteiger partial charge in [0.2, 0.25) is 5.91 Å². The van der Waals surface area contributed by atoms with Crippen LogP contribution in [0, 0.1) is 0 Å². The number of phosphoric acid groups is 1. The molecule has 0 spiro atoms. The van der Waals surface area contributed by atoms with Crippen molar-refractivity contribution in [2.45, 2.75) is 26.0 Å². The van der Waals surface area contributed by atoms with Gasteiger partial charge in [-0.25, -0.2) is 0 Å². The van der Waals surface area contributed by atoms with Gasteiger partial charge < -0.3 is 28.8 Å². The summed E-state index contributed by atoms with van der Waals surface area (Å²) in [5, 5.41) is 12.3. The fourth-order valence-electron chi connectivity index (χ4n) is 1.45. The number of phosphoric ester groups is 1. The second kappa shape index (κ2) is 9.39. The van der Waals surface area contributed by atoms with Crippen molar-refractivity contribution in [3.8, 4) is 0 Å². The summed E-state index contributed by atoms with van der Waals surface area (Å²) >= 11 is 0. The highest BCUT2D eigenvalue weighted by Crippen LogP contribution is 2.38. The monoisotopic (exact) mass is 338 g/mol. The molecule has 0 aromatic rings. The number of nitrogens with one attached hydrogen (secondary N) is 1. The molecular weight excluding hydrogens is 311 g/mol. The van der Waals surface area contributed by atoms with Crippen molar-refractivity contribution in [2.24, 2.45) is 0 Å². The molecule has 8 nitrogen and oxygen atoms in total. The maximum atomic E-state index is 11.7. The molecule has 130 valence electrons. The lowest BCUT2D eigenvalue weighted by Crippen LogP contribution is -2.45. The van der Waals surface area contributed by atoms with Crippen molar-refractivity contribution in [3.63, 3.8) is 0 Å². The van der Waals surface area contributed by atoms with Gasteiger partial charge in [0.1, 0.15) is 13.2 Å². The molecular formula is C13H27N2O6P. The van der Waals surface area contributed by atoms with Gasteiger partial charge in [0.25, 0.3) is 7.82 Å². The fourth-order valence-corrected chi connectivity index (χ4v) is 2.18. The number of aliphatic hydroxyl groups excluding tert-OH is 1. The van der Waals surface area contributed by atoms with Crippen LogP contribution in [0.5, 0.6) is 0 Å². The molecule has 0 fully saturated rings. The van der Waals surface area contributed by atoms with Gasteiger partial charge in [-0.05, 0) is 6.92 Å². The van der Waals surface area contributed by atoms with E-state index in [0.717, 1.165) is 0 Å². The van der Waals surface area contributed by atoms with Crippen molar-refractivity contribution in [1.29, 1.82) is 0 Å². The third-order valence-corrected chi connectivity index (χ3v) is 3.58. The molecule has 0 aromatic heterocycles. The van der Waals surface area contributed by atoms with Gasteiger partial charge in [0.05, 0.1) is 39.9 Å². The van der Waals surface area contributed by atoms with Crippen molar-refractivity contribution in [2.75, 3.05) is 40.9 Å². The first-order valence-electron chi connectivity index (χ1n) is 6.95. The first kappa shape index (κ1) is 21.2. The van der Waals surface area contributed by atoms with Gasteiger partial charge >= 0.3 is 0 Å². The summed E-state index contributed by atoms with van der Waals surface area (Å²) in [4.78, 5) is 22.7. The number of aliphatic hydroxyl groups is 1. The zero-order valence-corrected chi connectivity index (χ0v) is 14.7. The number of carbonyl (C=O) groups excluding carboxylic acids is 1. The molecule has 0 bridgehead atoms. The van der Waals surface area contributed by atoms with Crippen LogP contribution in [0.2, 0.25) is 0 Å². The van der Waals surface area contributed by atoms with Crippen molar-refractivity contribution < 1.29 is 32.9 Å². The van der Waals surface area contributed by atoms with Gasteiger partial charge in [-0.3, -0.25) is 9.36 Å². The molecule has 1 amide bonds. The Morgan fingerprint density at radius 2 is 2.00 bits per heavy atom. The van der Waals surface area contributed by atoms with Crippen LogP contribution >= 0.6 is 7.82 Å². The zero-order valence-electron chi connectivity index (χ0n) is 13.8. The van der Waals surface area contributed by atoms with E-state index in [1.165, 1.54) is 13.0 Å². The fraction of sp³-hybridized carbons (Fsp3) is 0.769. The van der Waals surface area contributed by atoms with E-state index >= 15 is 0 Å². The minimum absolute atomic E-state index is 0.00744. The van der Waals surface area contributed by atoms with Gasteiger partial charge in [-0.15, -0.1) is 0 Å². The lowest BCUT2D eigenvalue weighted by Gasteiger charge is -2.29. The lowest BCUT2D eigenvalue weighted by atomic mass is 10.1. The Bertz CT molecular complexity index is 421. The number of hydrogen-bond donors (Lipinski definition) is 2. The largest absolute Gasteiger partial charge is 0.756 e. The minimum atomic E-state index is -4.48. The first-order chi connectivity index (χ1) is 9.97. The summed E-state index contributed by atoms with van der Waals surface area (Å²) in [7, 11) is 1.23. The molecule has 0 aliphatic heterocycles. The highest BCUT2D eigenvalue weighted by atomic mass is 31.2. The molecule has 0 aliphatic carbocycles. The predicted molar refractivity (Wildman–Crippen MR) is 80.8 cm³/mol. The number of allylic oxidation sites excluding steroid dienone is 1. The molecule has 0 rings (SSSR count). The first-order valence-corrected chi connectivity index (χ1v) is 8.41. The maximum Gasteiger partial charge on any atom is 0.268 e. The average Bonchev–Trinajstić information content (AvgIpc) is 2.32. The number of carbonyl (C=O) groups is 1. The zero-order chi connectivity index (χ0) is 17.4. The summed E-state index contributed by atoms with van der Waals surface area (Å²) in [6.07, 6.45) is 1.96. The molecule has 2 N–H and O–H groups in total. The molecule has 0 aromatic carbocycles. The van der Waals surface area contributed by atoms with Crippen molar-refractivity contribution in [1.82, 2.24) is 5.32 Å². The van der Waals surface area contributed by atoms with E-state index in [9.17, 15) is 19.4 Å². The molecule has 22 heavy (non-hydrogen) atoms. The highest BCUT2D eigenvalue weighted by molar-refractivity contribution is 7.45. The Labute approximate surface area is 131 Å². The molecule has 3 unspecified atom stereocenters. The number of amides is 1. The maximum absolute atomic E-state index is 11.7. The van der Waals surface area contributed by atoms with Crippen LogP contribution in [0.15, 0.2) is 12.2 Å². The van der Waals surface area contributed by atoms with Crippen molar-refractivity contribution in [3.05, 3.63) is 12.2 Å². The summed E-state index contributed by atoms with van der Waals surface area (Å²) in [5.41, 5.74) is 0. The van der Waals surface area contributed by atoms with E-state index in [0.29, 0.717) is 11.0 Å². The summed E-state index contributed by atoms with van der Waals surface area (Å²) in [6.45, 7) is 3.04. The van der Waals surface area contributed by atoms with E-state index in [2.05, 4.69) is 5.32 Å². The molecule has 0 heterocycles. The number of quaternary nitrogens is 1. The van der Waals surface area contributed by atoms with Crippen LogP contribution in [0.1, 0.15) is 13.8 Å². The van der Waals surface area contributed by atoms with Crippen LogP contribution < -0.4 is 10.2 Å². The Kier molecular flexibility index (Phi) is 9.07. The molecule has 9 heteroatoms. The number of rotatable bonds is 10. The van der Waals surface area contributed by atoms with E-state index in [1.54, 1.807) is 13.0 Å². The van der Waals surface area contributed by atoms with Crippen LogP contribution in [0.25, 0.3) is 0 Å². The Hall–Kier alpha value is -0.760. The smallest absolute Gasteiger partial charge is 0.268 e. The van der Waals surface area contributed by atoms with Gasteiger partial charge in [-0.2, -0.15) is 0 Å². The Balaban J connectivity index is 4.48. The van der Waals surface area contributed by atoms with E-state index in [4.69, 9.17) is 9.05 Å². The van der Waals surface area contributed by atoms with Crippen LogP contribution in [0.3, 0.4) is 0 Å². The standard InChI is InChI=1S/C13H27N2O6P/c1-6-7-13(17)12(14-11(2)16)10-21-22(18,19)20-9-8-15(3,4)5/h6-7,12-13,17H,8-10H2,1-5H3,(H-,14,16,18,19)/b7-6+. The van der Waals surface area contributed by atoms with Crippen LogP contribution in [-0.4, -0.2) is 68.5 Å². The Morgan fingerprint density at radius 1 is 1.41 bits per heavy atom. The quantitative estimate of drug-likeness (QED) is 0.320. The molecule has 0 aliphatic rings. The summed E-state index contributed by atoms with van der Waals surface area (Å²) < 4.78 is 21.7. The van der Waals surface area contributed by atoms with E-state index in [-0.39, 0.29) is 6.61 Å². The molecule has 0 saturated carbocycles. The lowest BCUT2D eigenvalue weighted by molar-refractivity contribution is -0.870. The molecule has 0 radical (unpaired) electrons. The predicted octanol–water partition coefficient (Wildman–Crippen LogP) is -0.364. The third-order valence-electron chi connectivity index (χ3n) is 2.61.